The number of fused-ring (bicyclic) bond motifs is 1. The Hall–Kier alpha value is -2.71. The van der Waals surface area contributed by atoms with Gasteiger partial charge in [0.25, 0.3) is 0 Å². The summed E-state index contributed by atoms with van der Waals surface area (Å²) in [6, 6.07) is 5.36. The lowest BCUT2D eigenvalue weighted by molar-refractivity contribution is -0.434. The molecule has 2 aliphatic carbocycles. The molecule has 4 rings (SSSR count). The molecule has 0 spiro atoms. The Bertz CT molecular complexity index is 1040. The first-order chi connectivity index (χ1) is 17.3. The molecule has 1 N–H and O–H groups in total. The average molecular weight is 498 g/mol. The summed E-state index contributed by atoms with van der Waals surface area (Å²) >= 11 is 0. The Balaban J connectivity index is 1.35. The van der Waals surface area contributed by atoms with E-state index in [4.69, 9.17) is 9.47 Å². The molecule has 1 aliphatic heterocycles. The molecule has 1 aromatic rings. The molecule has 1 amide bonds. The van der Waals surface area contributed by atoms with Gasteiger partial charge in [0.2, 0.25) is 11.6 Å². The molecule has 8 heteroatoms. The second-order valence-corrected chi connectivity index (χ2v) is 10.3. The Morgan fingerprint density at radius 2 is 2.03 bits per heavy atom. The van der Waals surface area contributed by atoms with E-state index in [2.05, 4.69) is 43.1 Å². The largest absolute Gasteiger partial charge is 0.491 e. The van der Waals surface area contributed by atoms with Crippen molar-refractivity contribution in [2.45, 2.75) is 77.5 Å². The van der Waals surface area contributed by atoms with Gasteiger partial charge in [0.05, 0.1) is 17.4 Å². The van der Waals surface area contributed by atoms with Crippen LogP contribution in [0.4, 0.5) is 0 Å². The van der Waals surface area contributed by atoms with Gasteiger partial charge in [-0.05, 0) is 68.2 Å². The number of allylic oxidation sites excluding steroid dienone is 4. The molecule has 0 bridgehead atoms. The van der Waals surface area contributed by atoms with Gasteiger partial charge in [-0.25, -0.2) is 0 Å². The minimum Gasteiger partial charge on any atom is -0.491 e. The Kier molecular flexibility index (Phi) is 8.46. The first kappa shape index (κ1) is 26.4. The van der Waals surface area contributed by atoms with Crippen LogP contribution >= 0.6 is 0 Å². The van der Waals surface area contributed by atoms with E-state index in [1.54, 1.807) is 13.2 Å². The van der Waals surface area contributed by atoms with Gasteiger partial charge in [-0.2, -0.15) is 0 Å². The second kappa shape index (κ2) is 11.6. The fourth-order valence-corrected chi connectivity index (χ4v) is 6.31. The molecule has 8 nitrogen and oxygen atoms in total. The van der Waals surface area contributed by atoms with E-state index < -0.39 is 0 Å². The van der Waals surface area contributed by atoms with E-state index in [1.807, 2.05) is 6.08 Å². The summed E-state index contributed by atoms with van der Waals surface area (Å²) in [6.07, 6.45) is 8.83. The van der Waals surface area contributed by atoms with Gasteiger partial charge < -0.3 is 14.8 Å². The van der Waals surface area contributed by atoms with Crippen LogP contribution in [-0.4, -0.2) is 54.2 Å². The van der Waals surface area contributed by atoms with Crippen molar-refractivity contribution in [1.82, 2.24) is 10.2 Å². The lowest BCUT2D eigenvalue weighted by Gasteiger charge is -2.52. The monoisotopic (exact) mass is 497 g/mol. The highest BCUT2D eigenvalue weighted by molar-refractivity contribution is 5.77. The van der Waals surface area contributed by atoms with Crippen molar-refractivity contribution in [3.63, 3.8) is 0 Å². The first-order valence-corrected chi connectivity index (χ1v) is 13.1. The highest BCUT2D eigenvalue weighted by Crippen LogP contribution is 2.47. The number of likely N-dealkylation sites (tertiary alicyclic amines) is 1. The van der Waals surface area contributed by atoms with E-state index in [0.29, 0.717) is 37.6 Å². The van der Waals surface area contributed by atoms with Crippen molar-refractivity contribution in [2.75, 3.05) is 20.3 Å². The zero-order chi connectivity index (χ0) is 25.8. The van der Waals surface area contributed by atoms with E-state index >= 15 is 0 Å². The molecule has 0 radical (unpaired) electrons. The van der Waals surface area contributed by atoms with Crippen LogP contribution in [0.5, 0.6) is 5.75 Å². The molecular formula is C28H39N3O5. The molecule has 5 atom stereocenters. The van der Waals surface area contributed by atoms with Gasteiger partial charge in [0, 0.05) is 44.3 Å². The van der Waals surface area contributed by atoms with Crippen LogP contribution in [0.1, 0.15) is 55.7 Å². The van der Waals surface area contributed by atoms with Gasteiger partial charge in [-0.1, -0.05) is 25.1 Å². The predicted octanol–water partition coefficient (Wildman–Crippen LogP) is 4.31. The van der Waals surface area contributed by atoms with Crippen LogP contribution in [0, 0.1) is 35.8 Å². The normalized spacial score (nSPS) is 27.2. The standard InChI is InChI=1S/C28H39N3O5/c1-5-24-23-15-22(29-28(32)14-20-8-6-7-9-25(20)31(33)34)16-26(23)30(24)17-21-10-11-27(19(3)18(21)2)36-13-12-35-4/h6-7,9-11,20,22-24,26H,5,8,12-17H2,1-4H3,(H,29,32). The molecule has 196 valence electrons. The van der Waals surface area contributed by atoms with Gasteiger partial charge in [0.15, 0.2) is 0 Å². The highest BCUT2D eigenvalue weighted by atomic mass is 16.6. The van der Waals surface area contributed by atoms with Crippen molar-refractivity contribution < 1.29 is 19.2 Å². The van der Waals surface area contributed by atoms with Crippen LogP contribution in [0.3, 0.4) is 0 Å². The number of benzene rings is 1. The molecule has 1 saturated heterocycles. The van der Waals surface area contributed by atoms with Crippen LogP contribution in [0.15, 0.2) is 36.1 Å². The maximum Gasteiger partial charge on any atom is 0.250 e. The van der Waals surface area contributed by atoms with Gasteiger partial charge in [-0.15, -0.1) is 0 Å². The van der Waals surface area contributed by atoms with Crippen LogP contribution < -0.4 is 10.1 Å². The first-order valence-electron chi connectivity index (χ1n) is 13.1. The molecule has 5 unspecified atom stereocenters. The summed E-state index contributed by atoms with van der Waals surface area (Å²) in [5, 5.41) is 14.5. The second-order valence-electron chi connectivity index (χ2n) is 10.3. The minimum absolute atomic E-state index is 0.0792. The number of nitrogens with zero attached hydrogens (tertiary/aromatic N) is 2. The zero-order valence-electron chi connectivity index (χ0n) is 21.9. The molecule has 36 heavy (non-hydrogen) atoms. The number of carbonyl (C=O) groups excluding carboxylic acids is 1. The topological polar surface area (TPSA) is 93.9 Å². The van der Waals surface area contributed by atoms with Gasteiger partial charge in [0.1, 0.15) is 12.4 Å². The molecule has 1 heterocycles. The number of hydrogen-bond acceptors (Lipinski definition) is 6. The summed E-state index contributed by atoms with van der Waals surface area (Å²) in [5.74, 6) is 1.07. The van der Waals surface area contributed by atoms with Crippen molar-refractivity contribution in [3.8, 4) is 5.75 Å². The summed E-state index contributed by atoms with van der Waals surface area (Å²) in [7, 11) is 1.67. The summed E-state index contributed by atoms with van der Waals surface area (Å²) in [4.78, 5) is 26.3. The summed E-state index contributed by atoms with van der Waals surface area (Å²) in [5.41, 5.74) is 3.89. The van der Waals surface area contributed by atoms with E-state index in [1.165, 1.54) is 22.8 Å². The summed E-state index contributed by atoms with van der Waals surface area (Å²) < 4.78 is 11.0. The number of carbonyl (C=O) groups is 1. The molecule has 1 aromatic carbocycles. The maximum atomic E-state index is 12.8. The lowest BCUT2D eigenvalue weighted by Crippen LogP contribution is -2.60. The fraction of sp³-hybridized carbons (Fsp3) is 0.607. The fourth-order valence-electron chi connectivity index (χ4n) is 6.31. The number of amides is 1. The smallest absolute Gasteiger partial charge is 0.250 e. The Morgan fingerprint density at radius 3 is 2.75 bits per heavy atom. The number of methoxy groups -OCH3 is 1. The Morgan fingerprint density at radius 1 is 1.22 bits per heavy atom. The number of nitro groups is 1. The number of nitrogens with one attached hydrogen (secondary N) is 1. The van der Waals surface area contributed by atoms with Crippen molar-refractivity contribution in [2.24, 2.45) is 11.8 Å². The lowest BCUT2D eigenvalue weighted by atomic mass is 9.80. The third-order valence-corrected chi connectivity index (χ3v) is 8.34. The SMILES string of the molecule is CCC1C2CC(NC(=O)CC3CC=CC=C3[N+](=O)[O-])CC2N1Cc1ccc(OCCOC)c(C)c1C. The van der Waals surface area contributed by atoms with E-state index in [-0.39, 0.29) is 34.9 Å². The van der Waals surface area contributed by atoms with E-state index in [9.17, 15) is 14.9 Å². The van der Waals surface area contributed by atoms with Gasteiger partial charge >= 0.3 is 0 Å². The quantitative estimate of drug-likeness (QED) is 0.278. The van der Waals surface area contributed by atoms with Crippen LogP contribution in [0.25, 0.3) is 0 Å². The van der Waals surface area contributed by atoms with Crippen molar-refractivity contribution >= 4 is 5.91 Å². The third-order valence-electron chi connectivity index (χ3n) is 8.34. The number of ether oxygens (including phenoxy) is 2. The van der Waals surface area contributed by atoms with Crippen molar-refractivity contribution in [1.29, 1.82) is 0 Å². The minimum atomic E-state index is -0.358. The van der Waals surface area contributed by atoms with Crippen LogP contribution in [0.2, 0.25) is 0 Å². The maximum absolute atomic E-state index is 12.8. The average Bonchev–Trinajstić information content (AvgIpc) is 3.20. The van der Waals surface area contributed by atoms with Gasteiger partial charge in [-0.3, -0.25) is 19.8 Å². The Labute approximate surface area is 213 Å². The highest BCUT2D eigenvalue weighted by Gasteiger charge is 2.52. The summed E-state index contributed by atoms with van der Waals surface area (Å²) in [6.45, 7) is 8.53. The third kappa shape index (κ3) is 5.49. The molecule has 2 fully saturated rings. The zero-order valence-corrected chi connectivity index (χ0v) is 21.9. The van der Waals surface area contributed by atoms with Crippen LogP contribution in [-0.2, 0) is 16.1 Å². The molecular weight excluding hydrogens is 458 g/mol. The number of hydrogen-bond donors (Lipinski definition) is 1. The van der Waals surface area contributed by atoms with Crippen molar-refractivity contribution in [3.05, 3.63) is 62.9 Å². The van der Waals surface area contributed by atoms with E-state index in [0.717, 1.165) is 31.6 Å². The predicted molar refractivity (Wildman–Crippen MR) is 138 cm³/mol. The molecule has 3 aliphatic rings. The molecule has 1 saturated carbocycles. The molecule has 0 aromatic heterocycles. The number of rotatable bonds is 11.